The molecule has 0 unspecified atom stereocenters. The highest BCUT2D eigenvalue weighted by Gasteiger charge is 2.07. The highest BCUT2D eigenvalue weighted by Crippen LogP contribution is 2.27. The maximum Gasteiger partial charge on any atom is 0.337 e. The maximum absolute atomic E-state index is 11.4. The number of hydrogen-bond donors (Lipinski definition) is 2. The van der Waals surface area contributed by atoms with Crippen LogP contribution in [0.25, 0.3) is 0 Å². The highest BCUT2D eigenvalue weighted by atomic mass is 35.5. The first kappa shape index (κ1) is 17.9. The number of carbonyl (C=O) groups excluding carboxylic acids is 1. The lowest BCUT2D eigenvalue weighted by Crippen LogP contribution is -2.04. The van der Waals surface area contributed by atoms with Crippen LogP contribution in [0.15, 0.2) is 48.7 Å². The van der Waals surface area contributed by atoms with Gasteiger partial charge in [0.15, 0.2) is 5.82 Å². The fraction of sp³-hybridized carbons (Fsp3) is 0.0588. The van der Waals surface area contributed by atoms with Gasteiger partial charge in [-0.05, 0) is 42.5 Å². The molecule has 0 aliphatic rings. The molecule has 0 atom stereocenters. The molecule has 132 valence electrons. The van der Waals surface area contributed by atoms with E-state index < -0.39 is 5.97 Å². The van der Waals surface area contributed by atoms with E-state index in [1.807, 2.05) is 0 Å². The third-order valence-corrected chi connectivity index (χ3v) is 3.88. The van der Waals surface area contributed by atoms with Gasteiger partial charge in [0.2, 0.25) is 5.95 Å². The van der Waals surface area contributed by atoms with E-state index in [0.29, 0.717) is 32.8 Å². The highest BCUT2D eigenvalue weighted by molar-refractivity contribution is 6.35. The molecule has 0 saturated carbocycles. The Labute approximate surface area is 159 Å². The van der Waals surface area contributed by atoms with Crippen molar-refractivity contribution in [2.24, 2.45) is 0 Å². The van der Waals surface area contributed by atoms with Crippen molar-refractivity contribution in [2.75, 3.05) is 17.7 Å². The molecule has 0 spiro atoms. The first-order chi connectivity index (χ1) is 12.5. The van der Waals surface area contributed by atoms with Crippen molar-refractivity contribution in [3.8, 4) is 0 Å². The average molecular weight is 390 g/mol. The van der Waals surface area contributed by atoms with E-state index >= 15 is 0 Å². The lowest BCUT2D eigenvalue weighted by Gasteiger charge is -2.09. The molecule has 2 aromatic carbocycles. The topological polar surface area (TPSA) is 89.0 Å². The molecule has 0 amide bonds. The summed E-state index contributed by atoms with van der Waals surface area (Å²) in [7, 11) is 1.33. The Morgan fingerprint density at radius 3 is 2.58 bits per heavy atom. The molecule has 0 aliphatic carbocycles. The Morgan fingerprint density at radius 2 is 1.85 bits per heavy atom. The molecule has 7 nitrogen and oxygen atoms in total. The molecule has 0 radical (unpaired) electrons. The molecule has 0 fully saturated rings. The van der Waals surface area contributed by atoms with Crippen LogP contribution in [0.4, 0.5) is 23.1 Å². The zero-order valence-corrected chi connectivity index (χ0v) is 15.0. The average Bonchev–Trinajstić information content (AvgIpc) is 2.65. The Hall–Kier alpha value is -2.90. The first-order valence-electron chi connectivity index (χ1n) is 7.42. The molecule has 0 aliphatic heterocycles. The smallest absolute Gasteiger partial charge is 0.337 e. The maximum atomic E-state index is 11.4. The number of esters is 1. The third-order valence-electron chi connectivity index (χ3n) is 3.31. The van der Waals surface area contributed by atoms with Crippen molar-refractivity contribution in [3.63, 3.8) is 0 Å². The van der Waals surface area contributed by atoms with Crippen molar-refractivity contribution in [3.05, 3.63) is 64.3 Å². The molecule has 26 heavy (non-hydrogen) atoms. The Bertz CT molecular complexity index is 935. The van der Waals surface area contributed by atoms with Gasteiger partial charge in [0.05, 0.1) is 29.6 Å². The van der Waals surface area contributed by atoms with Crippen molar-refractivity contribution < 1.29 is 9.53 Å². The van der Waals surface area contributed by atoms with Gasteiger partial charge in [-0.3, -0.25) is 0 Å². The molecule has 3 aromatic rings. The molecule has 9 heteroatoms. The van der Waals surface area contributed by atoms with E-state index in [9.17, 15) is 4.79 Å². The largest absolute Gasteiger partial charge is 0.465 e. The zero-order chi connectivity index (χ0) is 18.5. The van der Waals surface area contributed by atoms with Crippen LogP contribution >= 0.6 is 23.2 Å². The molecule has 0 bridgehead atoms. The summed E-state index contributed by atoms with van der Waals surface area (Å²) in [6, 6.07) is 11.8. The number of ether oxygens (including phenoxy) is 1. The number of nitrogens with one attached hydrogen (secondary N) is 2. The van der Waals surface area contributed by atoms with Gasteiger partial charge < -0.3 is 15.4 Å². The number of hydrogen-bond acceptors (Lipinski definition) is 7. The zero-order valence-electron chi connectivity index (χ0n) is 13.5. The monoisotopic (exact) mass is 389 g/mol. The normalized spacial score (nSPS) is 10.3. The predicted octanol–water partition coefficient (Wildman–Crippen LogP) is 4.45. The van der Waals surface area contributed by atoms with E-state index in [2.05, 4.69) is 30.6 Å². The molecule has 0 saturated heterocycles. The van der Waals surface area contributed by atoms with Crippen molar-refractivity contribution >= 4 is 52.3 Å². The van der Waals surface area contributed by atoms with E-state index in [-0.39, 0.29) is 5.95 Å². The Balaban J connectivity index is 1.75. The summed E-state index contributed by atoms with van der Waals surface area (Å²) in [6.07, 6.45) is 1.46. The molecular formula is C17H13Cl2N5O2. The van der Waals surface area contributed by atoms with Gasteiger partial charge in [-0.25, -0.2) is 4.79 Å². The molecule has 1 heterocycles. The minimum atomic E-state index is -0.404. The standard InChI is InChI=1S/C17H13Cl2N5O2/c1-26-16(25)10-2-5-12(6-3-10)21-17-23-15(9-20-24-17)22-14-8-11(18)4-7-13(14)19/h2-9H,1H3,(H2,21,22,23,24). The van der Waals surface area contributed by atoms with Crippen molar-refractivity contribution in [2.45, 2.75) is 0 Å². The summed E-state index contributed by atoms with van der Waals surface area (Å²) in [6.45, 7) is 0. The molecule has 2 N–H and O–H groups in total. The van der Waals surface area contributed by atoms with Crippen LogP contribution in [0.1, 0.15) is 10.4 Å². The molecular weight excluding hydrogens is 377 g/mol. The fourth-order valence-electron chi connectivity index (χ4n) is 2.08. The summed E-state index contributed by atoms with van der Waals surface area (Å²) < 4.78 is 4.66. The van der Waals surface area contributed by atoms with Gasteiger partial charge in [-0.15, -0.1) is 5.10 Å². The summed E-state index contributed by atoms with van der Waals surface area (Å²) >= 11 is 12.1. The number of anilines is 4. The van der Waals surface area contributed by atoms with E-state index in [1.165, 1.54) is 13.3 Å². The van der Waals surface area contributed by atoms with Gasteiger partial charge in [-0.2, -0.15) is 10.1 Å². The van der Waals surface area contributed by atoms with Crippen LogP contribution in [0.5, 0.6) is 0 Å². The fourth-order valence-corrected chi connectivity index (χ4v) is 2.42. The molecule has 3 rings (SSSR count). The molecule has 1 aromatic heterocycles. The summed E-state index contributed by atoms with van der Waals surface area (Å²) in [5.41, 5.74) is 1.74. The SMILES string of the molecule is COC(=O)c1ccc(Nc2nncc(Nc3cc(Cl)ccc3Cl)n2)cc1. The first-order valence-corrected chi connectivity index (χ1v) is 8.18. The Kier molecular flexibility index (Phi) is 5.50. The van der Waals surface area contributed by atoms with Crippen LogP contribution in [0, 0.1) is 0 Å². The number of carbonyl (C=O) groups is 1. The van der Waals surface area contributed by atoms with Gasteiger partial charge in [0.1, 0.15) is 0 Å². The number of benzene rings is 2. The van der Waals surface area contributed by atoms with Gasteiger partial charge in [-0.1, -0.05) is 23.2 Å². The minimum Gasteiger partial charge on any atom is -0.465 e. The second-order valence-corrected chi connectivity index (χ2v) is 5.95. The lowest BCUT2D eigenvalue weighted by atomic mass is 10.2. The van der Waals surface area contributed by atoms with E-state index in [1.54, 1.807) is 42.5 Å². The van der Waals surface area contributed by atoms with Crippen molar-refractivity contribution in [1.82, 2.24) is 15.2 Å². The Morgan fingerprint density at radius 1 is 1.08 bits per heavy atom. The second-order valence-electron chi connectivity index (χ2n) is 5.11. The third kappa shape index (κ3) is 4.38. The number of rotatable bonds is 5. The van der Waals surface area contributed by atoms with Crippen LogP contribution in [0.3, 0.4) is 0 Å². The van der Waals surface area contributed by atoms with E-state index in [4.69, 9.17) is 23.2 Å². The van der Waals surface area contributed by atoms with Crippen molar-refractivity contribution in [1.29, 1.82) is 0 Å². The number of nitrogens with zero attached hydrogens (tertiary/aromatic N) is 3. The van der Waals surface area contributed by atoms with Gasteiger partial charge in [0, 0.05) is 10.7 Å². The number of halogens is 2. The van der Waals surface area contributed by atoms with Gasteiger partial charge >= 0.3 is 5.97 Å². The predicted molar refractivity (Wildman–Crippen MR) is 101 cm³/mol. The second kappa shape index (κ2) is 7.99. The van der Waals surface area contributed by atoms with Crippen LogP contribution in [0.2, 0.25) is 10.0 Å². The van der Waals surface area contributed by atoms with Crippen LogP contribution in [-0.4, -0.2) is 28.3 Å². The van der Waals surface area contributed by atoms with Crippen LogP contribution < -0.4 is 10.6 Å². The van der Waals surface area contributed by atoms with Crippen LogP contribution in [-0.2, 0) is 4.74 Å². The van der Waals surface area contributed by atoms with Gasteiger partial charge in [0.25, 0.3) is 0 Å². The minimum absolute atomic E-state index is 0.277. The van der Waals surface area contributed by atoms with E-state index in [0.717, 1.165) is 0 Å². The quantitative estimate of drug-likeness (QED) is 0.622. The summed E-state index contributed by atoms with van der Waals surface area (Å²) in [5, 5.41) is 14.9. The lowest BCUT2D eigenvalue weighted by molar-refractivity contribution is 0.0601. The summed E-state index contributed by atoms with van der Waals surface area (Å²) in [4.78, 5) is 15.8. The number of methoxy groups -OCH3 is 1. The summed E-state index contributed by atoms with van der Waals surface area (Å²) in [5.74, 6) is 0.316. The number of aromatic nitrogens is 3.